The number of para-hydroxylation sites is 8. The van der Waals surface area contributed by atoms with Gasteiger partial charge in [-0.1, -0.05) is 212 Å². The molecule has 9 aromatic heterocycles. The summed E-state index contributed by atoms with van der Waals surface area (Å²) in [6, 6.07) is 103. The van der Waals surface area contributed by atoms with Gasteiger partial charge in [0.1, 0.15) is 11.8 Å². The van der Waals surface area contributed by atoms with E-state index in [1.807, 2.05) is 223 Å². The number of hydrogen-bond acceptors (Lipinski definition) is 16. The predicted octanol–water partition coefficient (Wildman–Crippen LogP) is 22.0. The van der Waals surface area contributed by atoms with Gasteiger partial charge in [0, 0.05) is 65.1 Å². The van der Waals surface area contributed by atoms with Crippen molar-refractivity contribution in [1.82, 2.24) is 48.9 Å². The molecule has 103 heavy (non-hydrogen) atoms. The summed E-state index contributed by atoms with van der Waals surface area (Å²) in [5.74, 6) is 1.69. The van der Waals surface area contributed by atoms with Gasteiger partial charge in [-0.2, -0.15) is 4.37 Å². The molecule has 0 spiro atoms. The van der Waals surface area contributed by atoms with Gasteiger partial charge in [0.15, 0.2) is 29.1 Å². The van der Waals surface area contributed by atoms with Gasteiger partial charge in [0.05, 0.1) is 43.5 Å². The second-order valence-corrected chi connectivity index (χ2v) is 24.8. The molecule has 20 aromatic rings. The molecule has 2 aliphatic heterocycles. The van der Waals surface area contributed by atoms with E-state index in [2.05, 4.69) is 188 Å². The van der Waals surface area contributed by atoms with Crippen LogP contribution < -0.4 is 9.47 Å². The first kappa shape index (κ1) is 69.8. The Morgan fingerprint density at radius 2 is 0.922 bits per heavy atom. The summed E-state index contributed by atoms with van der Waals surface area (Å²) < 4.78 is 25.0. The lowest BCUT2D eigenvalue weighted by Crippen LogP contribution is -1.92. The molecule has 0 atom stereocenters. The van der Waals surface area contributed by atoms with Gasteiger partial charge < -0.3 is 13.9 Å². The first-order valence-electron chi connectivity index (χ1n) is 32.8. The number of nitrogens with zero attached hydrogens (tertiary/aromatic N) is 11. The van der Waals surface area contributed by atoms with E-state index >= 15 is 0 Å². The SMILES string of the molecule is C1=NCc2ccccc21.c1ccc2c(c1)OCO2.c1ccc2ccccc2c1.c1ccc2cnccc2c1.c1ccc2ncccc2c1.c1ccc2nccnc2c1.c1ccc2ocnc2c1.c1ccc2sccc2c1.c1ccc2scnc2c1.c1ccc2sncc2c1.c1ccn2cnnc2c1. The smallest absolute Gasteiger partial charge is 0.231 e. The Labute approximate surface area is 607 Å². The Bertz CT molecular complexity index is 4790. The van der Waals surface area contributed by atoms with Crippen molar-refractivity contribution in [2.45, 2.75) is 6.54 Å². The number of aliphatic imine (C=N–C) groups is 1. The normalized spacial score (nSPS) is 10.8. The molecule has 17 heteroatoms. The zero-order chi connectivity index (χ0) is 70.0. The van der Waals surface area contributed by atoms with Crippen LogP contribution in [0.15, 0.2) is 386 Å². The fraction of sp³-hybridized carbons (Fsp3) is 0.0233. The Balaban J connectivity index is 0.000000107. The van der Waals surface area contributed by atoms with Crippen molar-refractivity contribution in [1.29, 1.82) is 0 Å². The van der Waals surface area contributed by atoms with Gasteiger partial charge >= 0.3 is 0 Å². The number of thiophene rings is 1. The lowest BCUT2D eigenvalue weighted by molar-refractivity contribution is 0.174. The molecular weight excluding hydrogens is 1330 g/mol. The van der Waals surface area contributed by atoms with Crippen LogP contribution in [0.1, 0.15) is 11.1 Å². The Morgan fingerprint density at radius 1 is 0.369 bits per heavy atom. The average molecular weight is 1400 g/mol. The highest BCUT2D eigenvalue weighted by Gasteiger charge is 2.10. The lowest BCUT2D eigenvalue weighted by atomic mass is 10.1. The van der Waals surface area contributed by atoms with Crippen molar-refractivity contribution in [3.8, 4) is 11.5 Å². The molecule has 11 heterocycles. The molecule has 0 N–H and O–H groups in total. The highest BCUT2D eigenvalue weighted by atomic mass is 32.1. The third-order valence-corrected chi connectivity index (χ3v) is 17.7. The number of thiazole rings is 1. The first-order chi connectivity index (χ1) is 51.1. The van der Waals surface area contributed by atoms with Gasteiger partial charge in [-0.25, -0.2) is 9.97 Å². The maximum atomic E-state index is 5.08. The standard InChI is InChI=1S/C10H8.2C9H7N.C8H6N2.C8H7N.C8H6S.C7H5NO.2C7H5NS.C7H6O2.C6H5N3/c1-2-6-10-8-4-3-7-9(10)5-1;1-2-6-9-8(4-1)5-3-7-10-9;1-2-4-9-7-10-6-5-8(9)3-1;1-2-4-8-7(3-1)9-5-6-10-8;1-2-4-8-6-9-5-7(8)3-1;1-2-4-8-7(3-1)5-6-9-8;2*1-2-4-7-6(3-1)8-5-9-7;1-2-4-7-6(3-1)5-8-9-7;1-2-4-7-6(3-1)8-5-9-7;1-2-4-9-5-7-8-6(9)3-1/h1-8H;2*1-7H;1-6H;1-5H,6H2;1-6H;3*1-5H;1-4H,5H2;1-5H. The topological polar surface area (TPSA) is 164 Å². The highest BCUT2D eigenvalue weighted by molar-refractivity contribution is 7.17. The van der Waals surface area contributed by atoms with Crippen molar-refractivity contribution in [3.05, 3.63) is 388 Å². The van der Waals surface area contributed by atoms with Gasteiger partial charge in [-0.15, -0.1) is 32.9 Å². The summed E-state index contributed by atoms with van der Waals surface area (Å²) >= 11 is 5.00. The molecule has 2 aliphatic rings. The molecule has 14 nitrogen and oxygen atoms in total. The maximum Gasteiger partial charge on any atom is 0.231 e. The summed E-state index contributed by atoms with van der Waals surface area (Å²) in [6.45, 7) is 1.23. The zero-order valence-electron chi connectivity index (χ0n) is 55.7. The largest absolute Gasteiger partial charge is 0.454 e. The highest BCUT2D eigenvalue weighted by Crippen LogP contribution is 2.30. The molecule has 22 rings (SSSR count). The first-order valence-corrected chi connectivity index (χ1v) is 35.3. The molecule has 502 valence electrons. The molecule has 0 saturated carbocycles. The lowest BCUT2D eigenvalue weighted by Gasteiger charge is -1.92. The van der Waals surface area contributed by atoms with Crippen LogP contribution in [0.25, 0.3) is 90.6 Å². The summed E-state index contributed by atoms with van der Waals surface area (Å²) in [7, 11) is 0. The van der Waals surface area contributed by atoms with Gasteiger partial charge in [0.2, 0.25) is 6.79 Å². The minimum atomic E-state index is 0.360. The number of pyridine rings is 3. The van der Waals surface area contributed by atoms with Crippen LogP contribution in [-0.4, -0.2) is 61.9 Å². The van der Waals surface area contributed by atoms with Gasteiger partial charge in [0.25, 0.3) is 0 Å². The molecular formula is C86H67N11O3S3. The van der Waals surface area contributed by atoms with Crippen LogP contribution in [0.5, 0.6) is 11.5 Å². The predicted molar refractivity (Wildman–Crippen MR) is 425 cm³/mol. The minimum absolute atomic E-state index is 0.360. The Morgan fingerprint density at radius 3 is 1.58 bits per heavy atom. The summed E-state index contributed by atoms with van der Waals surface area (Å²) in [5.41, 5.74) is 11.2. The molecule has 0 amide bonds. The van der Waals surface area contributed by atoms with Crippen molar-refractivity contribution in [3.63, 3.8) is 0 Å². The second kappa shape index (κ2) is 38.3. The van der Waals surface area contributed by atoms with E-state index < -0.39 is 0 Å². The van der Waals surface area contributed by atoms with Crippen LogP contribution in [0.3, 0.4) is 0 Å². The molecule has 0 bridgehead atoms. The number of oxazole rings is 1. The van der Waals surface area contributed by atoms with E-state index in [0.29, 0.717) is 6.79 Å². The van der Waals surface area contributed by atoms with Crippen LogP contribution in [0.2, 0.25) is 0 Å². The summed E-state index contributed by atoms with van der Waals surface area (Å²) in [4.78, 5) is 28.6. The molecule has 0 fully saturated rings. The van der Waals surface area contributed by atoms with Gasteiger partial charge in [-0.05, 0) is 152 Å². The van der Waals surface area contributed by atoms with E-state index in [1.54, 1.807) is 41.4 Å². The molecule has 0 saturated heterocycles. The molecule has 0 aliphatic carbocycles. The van der Waals surface area contributed by atoms with Gasteiger partial charge in [-0.3, -0.25) is 29.3 Å². The maximum absolute atomic E-state index is 5.08. The van der Waals surface area contributed by atoms with Crippen molar-refractivity contribution in [2.75, 3.05) is 6.79 Å². The fourth-order valence-electron chi connectivity index (χ4n) is 10.1. The number of aromatic nitrogens is 10. The quantitative estimate of drug-likeness (QED) is 0.141. The second-order valence-electron chi connectivity index (χ2n) is 22.1. The van der Waals surface area contributed by atoms with Crippen LogP contribution in [-0.2, 0) is 6.54 Å². The third kappa shape index (κ3) is 21.2. The molecule has 0 unspecified atom stereocenters. The van der Waals surface area contributed by atoms with E-state index in [-0.39, 0.29) is 0 Å². The van der Waals surface area contributed by atoms with Crippen molar-refractivity contribution < 1.29 is 13.9 Å². The van der Waals surface area contributed by atoms with E-state index in [4.69, 9.17) is 13.9 Å². The summed E-state index contributed by atoms with van der Waals surface area (Å²) in [5, 5.41) is 18.5. The zero-order valence-corrected chi connectivity index (χ0v) is 58.1. The number of rotatable bonds is 0. The minimum Gasteiger partial charge on any atom is -0.454 e. The van der Waals surface area contributed by atoms with E-state index in [1.165, 1.54) is 80.9 Å². The Kier molecular flexibility index (Phi) is 26.0. The van der Waals surface area contributed by atoms with Crippen LogP contribution >= 0.6 is 34.2 Å². The van der Waals surface area contributed by atoms with E-state index in [9.17, 15) is 0 Å². The van der Waals surface area contributed by atoms with E-state index in [0.717, 1.165) is 56.9 Å². The third-order valence-electron chi connectivity index (χ3n) is 15.2. The van der Waals surface area contributed by atoms with Crippen LogP contribution in [0, 0.1) is 0 Å². The Hall–Kier alpha value is -13.1. The number of ether oxygens (including phenoxy) is 2. The number of fused-ring (bicyclic) bond motifs is 11. The summed E-state index contributed by atoms with van der Waals surface area (Å²) in [6.07, 6.45) is 17.7. The van der Waals surface area contributed by atoms with Crippen molar-refractivity contribution in [2.24, 2.45) is 4.99 Å². The molecule has 11 aromatic carbocycles. The average Bonchev–Trinajstić information content (AvgIpc) is 1.62. The van der Waals surface area contributed by atoms with Crippen LogP contribution in [0.4, 0.5) is 0 Å². The number of benzene rings is 11. The monoisotopic (exact) mass is 1400 g/mol. The molecule has 0 radical (unpaired) electrons. The fourth-order valence-corrected chi connectivity index (χ4v) is 12.2. The number of hydrogen-bond donors (Lipinski definition) is 0. The van der Waals surface area contributed by atoms with Crippen molar-refractivity contribution >= 4 is 131 Å².